The first-order valence-corrected chi connectivity index (χ1v) is 14.1. The first-order chi connectivity index (χ1) is 13.7. The fraction of sp³-hybridized carbons (Fsp3) is 0.560. The molecule has 29 heavy (non-hydrogen) atoms. The Morgan fingerprint density at radius 3 is 2.48 bits per heavy atom. The Balaban J connectivity index is 2.00. The fourth-order valence-corrected chi connectivity index (χ4v) is 5.38. The van der Waals surface area contributed by atoms with E-state index >= 15 is 0 Å². The number of rotatable bonds is 7. The molecule has 158 valence electrons. The van der Waals surface area contributed by atoms with Crippen LogP contribution in [-0.2, 0) is 10.8 Å². The maximum Gasteiger partial charge on any atom is 0.192 e. The van der Waals surface area contributed by atoms with E-state index in [9.17, 15) is 0 Å². The van der Waals surface area contributed by atoms with Crippen LogP contribution >= 0.6 is 0 Å². The lowest BCUT2D eigenvalue weighted by Gasteiger charge is -2.38. The van der Waals surface area contributed by atoms with Crippen molar-refractivity contribution in [2.24, 2.45) is 0 Å². The summed E-state index contributed by atoms with van der Waals surface area (Å²) in [6, 6.07) is 11.1. The molecule has 3 rings (SSSR count). The van der Waals surface area contributed by atoms with Crippen molar-refractivity contribution < 1.29 is 4.43 Å². The van der Waals surface area contributed by atoms with Gasteiger partial charge in [-0.25, -0.2) is 4.98 Å². The molecule has 1 aromatic carbocycles. The second-order valence-electron chi connectivity index (χ2n) is 9.73. The zero-order chi connectivity index (χ0) is 21.2. The standard InChI is InChI=1S/C25H38N2OSi/c1-8-18-27(9-2)24-22(14-11-17-26-24)19-12-10-13-21-20(19)15-16-23(21)28-29(6,7)25(3,4)5/h10-14,17,23H,8-9,15-16,18H2,1-7H3. The zero-order valence-electron chi connectivity index (χ0n) is 19.4. The predicted molar refractivity (Wildman–Crippen MR) is 127 cm³/mol. The number of aromatic nitrogens is 1. The van der Waals surface area contributed by atoms with Crippen molar-refractivity contribution in [3.63, 3.8) is 0 Å². The number of hydrogen-bond acceptors (Lipinski definition) is 3. The highest BCUT2D eigenvalue weighted by Gasteiger charge is 2.41. The Hall–Kier alpha value is -1.65. The molecule has 1 unspecified atom stereocenters. The summed E-state index contributed by atoms with van der Waals surface area (Å²) in [6.45, 7) is 18.1. The van der Waals surface area contributed by atoms with E-state index < -0.39 is 8.32 Å². The number of nitrogens with zero attached hydrogens (tertiary/aromatic N) is 2. The molecule has 0 radical (unpaired) electrons. The van der Waals surface area contributed by atoms with Crippen LogP contribution < -0.4 is 4.90 Å². The zero-order valence-corrected chi connectivity index (χ0v) is 20.4. The van der Waals surface area contributed by atoms with Crippen LogP contribution in [0.4, 0.5) is 5.82 Å². The van der Waals surface area contributed by atoms with E-state index in [-0.39, 0.29) is 11.1 Å². The highest BCUT2D eigenvalue weighted by molar-refractivity contribution is 6.74. The molecule has 3 nitrogen and oxygen atoms in total. The van der Waals surface area contributed by atoms with E-state index in [0.29, 0.717) is 0 Å². The minimum absolute atomic E-state index is 0.226. The molecular formula is C25H38N2OSi. The predicted octanol–water partition coefficient (Wildman–Crippen LogP) is 6.99. The number of pyridine rings is 1. The third-order valence-electron chi connectivity index (χ3n) is 6.71. The lowest BCUT2D eigenvalue weighted by molar-refractivity contribution is 0.185. The fourth-order valence-electron chi connectivity index (χ4n) is 4.07. The molecule has 0 bridgehead atoms. The average Bonchev–Trinajstić information content (AvgIpc) is 3.08. The van der Waals surface area contributed by atoms with Crippen LogP contribution in [-0.4, -0.2) is 26.4 Å². The maximum atomic E-state index is 6.83. The molecule has 4 heteroatoms. The topological polar surface area (TPSA) is 25.4 Å². The van der Waals surface area contributed by atoms with Gasteiger partial charge in [-0.3, -0.25) is 0 Å². The lowest BCUT2D eigenvalue weighted by Crippen LogP contribution is -2.41. The third kappa shape index (κ3) is 4.43. The minimum atomic E-state index is -1.80. The van der Waals surface area contributed by atoms with Gasteiger partial charge in [0.15, 0.2) is 8.32 Å². The number of benzene rings is 1. The average molecular weight is 411 g/mol. The van der Waals surface area contributed by atoms with Crippen LogP contribution in [0.1, 0.15) is 64.7 Å². The van der Waals surface area contributed by atoms with Crippen molar-refractivity contribution >= 4 is 14.1 Å². The highest BCUT2D eigenvalue weighted by Crippen LogP contribution is 2.46. The number of fused-ring (bicyclic) bond motifs is 1. The first kappa shape index (κ1) is 22.0. The van der Waals surface area contributed by atoms with Crippen LogP contribution in [0.25, 0.3) is 11.1 Å². The Bertz CT molecular complexity index is 841. The molecule has 0 saturated heterocycles. The molecule has 1 aliphatic carbocycles. The van der Waals surface area contributed by atoms with E-state index in [1.807, 2.05) is 6.20 Å². The van der Waals surface area contributed by atoms with Gasteiger partial charge in [0.05, 0.1) is 6.10 Å². The quantitative estimate of drug-likeness (QED) is 0.460. The molecule has 0 saturated carbocycles. The van der Waals surface area contributed by atoms with Crippen LogP contribution in [0.2, 0.25) is 18.1 Å². The van der Waals surface area contributed by atoms with E-state index in [0.717, 1.165) is 38.2 Å². The van der Waals surface area contributed by atoms with Gasteiger partial charge >= 0.3 is 0 Å². The van der Waals surface area contributed by atoms with Gasteiger partial charge in [0.2, 0.25) is 0 Å². The molecule has 0 N–H and O–H groups in total. The van der Waals surface area contributed by atoms with Crippen molar-refractivity contribution in [3.8, 4) is 11.1 Å². The second-order valence-corrected chi connectivity index (χ2v) is 14.5. The van der Waals surface area contributed by atoms with Gasteiger partial charge in [0.25, 0.3) is 0 Å². The van der Waals surface area contributed by atoms with Crippen molar-refractivity contribution in [1.29, 1.82) is 0 Å². The SMILES string of the molecule is CCCN(CC)c1ncccc1-c1cccc2c1CCC2O[Si](C)(C)C(C)(C)C. The summed E-state index contributed by atoms with van der Waals surface area (Å²) in [7, 11) is -1.80. The van der Waals surface area contributed by atoms with Gasteiger partial charge in [-0.1, -0.05) is 45.9 Å². The van der Waals surface area contributed by atoms with Gasteiger partial charge in [-0.2, -0.15) is 0 Å². The Morgan fingerprint density at radius 2 is 1.83 bits per heavy atom. The summed E-state index contributed by atoms with van der Waals surface area (Å²) in [5, 5.41) is 0.228. The smallest absolute Gasteiger partial charge is 0.192 e. The molecule has 1 atom stereocenters. The molecule has 0 aliphatic heterocycles. The van der Waals surface area contributed by atoms with Gasteiger partial charge in [0, 0.05) is 24.8 Å². The van der Waals surface area contributed by atoms with Crippen LogP contribution in [0.15, 0.2) is 36.5 Å². The van der Waals surface area contributed by atoms with Crippen LogP contribution in [0.5, 0.6) is 0 Å². The first-order valence-electron chi connectivity index (χ1n) is 11.2. The lowest BCUT2D eigenvalue weighted by atomic mass is 9.96. The maximum absolute atomic E-state index is 6.83. The van der Waals surface area contributed by atoms with Gasteiger partial charge in [-0.15, -0.1) is 0 Å². The van der Waals surface area contributed by atoms with Gasteiger partial charge < -0.3 is 9.33 Å². The van der Waals surface area contributed by atoms with Crippen molar-refractivity contribution in [3.05, 3.63) is 47.7 Å². The molecule has 1 aliphatic rings. The van der Waals surface area contributed by atoms with Gasteiger partial charge in [-0.05, 0) is 73.1 Å². The Morgan fingerprint density at radius 1 is 1.10 bits per heavy atom. The molecule has 1 heterocycles. The normalized spacial score (nSPS) is 16.7. The van der Waals surface area contributed by atoms with Gasteiger partial charge in [0.1, 0.15) is 5.82 Å². The monoisotopic (exact) mass is 410 g/mol. The molecule has 0 fully saturated rings. The molecule has 2 aromatic rings. The summed E-state index contributed by atoms with van der Waals surface area (Å²) in [5.41, 5.74) is 5.44. The second kappa shape index (κ2) is 8.61. The summed E-state index contributed by atoms with van der Waals surface area (Å²) in [4.78, 5) is 7.18. The van der Waals surface area contributed by atoms with Crippen molar-refractivity contribution in [1.82, 2.24) is 4.98 Å². The largest absolute Gasteiger partial charge is 0.410 e. The number of anilines is 1. The van der Waals surface area contributed by atoms with Crippen molar-refractivity contribution in [2.75, 3.05) is 18.0 Å². The summed E-state index contributed by atoms with van der Waals surface area (Å²) in [6.07, 6.45) is 5.44. The number of hydrogen-bond donors (Lipinski definition) is 0. The molecule has 0 spiro atoms. The Kier molecular flexibility index (Phi) is 6.54. The van der Waals surface area contributed by atoms with E-state index in [1.165, 1.54) is 22.3 Å². The van der Waals surface area contributed by atoms with E-state index in [1.54, 1.807) is 0 Å². The van der Waals surface area contributed by atoms with E-state index in [2.05, 4.69) is 82.9 Å². The third-order valence-corrected chi connectivity index (χ3v) is 11.2. The molecular weight excluding hydrogens is 372 g/mol. The van der Waals surface area contributed by atoms with Crippen molar-refractivity contribution in [2.45, 2.75) is 78.1 Å². The Labute approximate surface area is 178 Å². The minimum Gasteiger partial charge on any atom is -0.410 e. The van der Waals surface area contributed by atoms with Crippen LogP contribution in [0, 0.1) is 0 Å². The molecule has 1 aromatic heterocycles. The molecule has 0 amide bonds. The summed E-state index contributed by atoms with van der Waals surface area (Å²) in [5.74, 6) is 1.11. The highest BCUT2D eigenvalue weighted by atomic mass is 28.4. The van der Waals surface area contributed by atoms with Crippen LogP contribution in [0.3, 0.4) is 0 Å². The van der Waals surface area contributed by atoms with E-state index in [4.69, 9.17) is 9.41 Å². The summed E-state index contributed by atoms with van der Waals surface area (Å²) >= 11 is 0. The summed E-state index contributed by atoms with van der Waals surface area (Å²) < 4.78 is 6.83.